The molecule has 3 atom stereocenters. The largest absolute Gasteiger partial charge is 0.472 e. The number of nitrogens with zero attached hydrogens (tertiary/aromatic N) is 1. The monoisotopic (exact) mass is 1010 g/mol. The summed E-state index contributed by atoms with van der Waals surface area (Å²) < 4.78 is 23.8. The third-order valence-corrected chi connectivity index (χ3v) is 15.5. The van der Waals surface area contributed by atoms with Gasteiger partial charge in [0.25, 0.3) is 0 Å². The summed E-state index contributed by atoms with van der Waals surface area (Å²) in [6.07, 6.45) is 65.7. The van der Waals surface area contributed by atoms with Crippen molar-refractivity contribution >= 4 is 13.7 Å². The second kappa shape index (κ2) is 53.1. The van der Waals surface area contributed by atoms with E-state index in [2.05, 4.69) is 31.3 Å². The molecule has 70 heavy (non-hydrogen) atoms. The van der Waals surface area contributed by atoms with Crippen LogP contribution in [0.2, 0.25) is 0 Å². The van der Waals surface area contributed by atoms with Gasteiger partial charge in [-0.15, -0.1) is 0 Å². The molecule has 0 rings (SSSR count). The summed E-state index contributed by atoms with van der Waals surface area (Å²) in [5, 5.41) is 14.1. The van der Waals surface area contributed by atoms with Gasteiger partial charge in [0.05, 0.1) is 39.9 Å². The number of allylic oxidation sites excluding steroid dienone is 2. The molecule has 1 amide bonds. The van der Waals surface area contributed by atoms with Crippen LogP contribution in [0.5, 0.6) is 0 Å². The van der Waals surface area contributed by atoms with Crippen LogP contribution < -0.4 is 5.32 Å². The van der Waals surface area contributed by atoms with Gasteiger partial charge < -0.3 is 19.8 Å². The van der Waals surface area contributed by atoms with E-state index in [4.69, 9.17) is 9.05 Å². The number of carbonyl (C=O) groups excluding carboxylic acids is 1. The normalized spacial score (nSPS) is 13.9. The topological polar surface area (TPSA) is 105 Å². The Labute approximate surface area is 437 Å². The number of nitrogens with one attached hydrogen (secondary N) is 1. The zero-order valence-electron chi connectivity index (χ0n) is 47.8. The van der Waals surface area contributed by atoms with Crippen LogP contribution in [0, 0.1) is 0 Å². The van der Waals surface area contributed by atoms with E-state index in [0.717, 1.165) is 38.5 Å². The van der Waals surface area contributed by atoms with Crippen LogP contribution in [0.4, 0.5) is 0 Å². The van der Waals surface area contributed by atoms with E-state index in [1.165, 1.54) is 257 Å². The second-order valence-electron chi connectivity index (χ2n) is 22.8. The van der Waals surface area contributed by atoms with Crippen molar-refractivity contribution in [2.75, 3.05) is 40.9 Å². The lowest BCUT2D eigenvalue weighted by Crippen LogP contribution is -2.46. The number of phosphoric acid groups is 1. The van der Waals surface area contributed by atoms with Crippen molar-refractivity contribution in [3.63, 3.8) is 0 Å². The van der Waals surface area contributed by atoms with E-state index < -0.39 is 20.0 Å². The Morgan fingerprint density at radius 2 is 0.771 bits per heavy atom. The van der Waals surface area contributed by atoms with Crippen molar-refractivity contribution < 1.29 is 32.9 Å². The quantitative estimate of drug-likeness (QED) is 0.0243. The van der Waals surface area contributed by atoms with Gasteiger partial charge in [-0.3, -0.25) is 13.8 Å². The number of phosphoric ester groups is 1. The Morgan fingerprint density at radius 3 is 1.10 bits per heavy atom. The van der Waals surface area contributed by atoms with Gasteiger partial charge in [-0.2, -0.15) is 0 Å². The zero-order valence-corrected chi connectivity index (χ0v) is 48.7. The molecule has 3 unspecified atom stereocenters. The Kier molecular flexibility index (Phi) is 52.5. The Balaban J connectivity index is 4.09. The summed E-state index contributed by atoms with van der Waals surface area (Å²) >= 11 is 0. The van der Waals surface area contributed by atoms with Crippen LogP contribution in [0.15, 0.2) is 12.2 Å². The Hall–Kier alpha value is -0.760. The van der Waals surface area contributed by atoms with Crippen molar-refractivity contribution in [2.24, 2.45) is 0 Å². The lowest BCUT2D eigenvalue weighted by Gasteiger charge is -2.26. The summed E-state index contributed by atoms with van der Waals surface area (Å²) in [6, 6.07) is -0.760. The molecular formula is C61H124N2O6P+. The molecule has 0 bridgehead atoms. The molecule has 0 aliphatic rings. The van der Waals surface area contributed by atoms with E-state index in [0.29, 0.717) is 23.9 Å². The molecule has 0 aromatic carbocycles. The van der Waals surface area contributed by atoms with Gasteiger partial charge in [0.15, 0.2) is 0 Å². The van der Waals surface area contributed by atoms with Gasteiger partial charge in [0, 0.05) is 6.42 Å². The van der Waals surface area contributed by atoms with Crippen LogP contribution in [0.25, 0.3) is 0 Å². The maximum absolute atomic E-state index is 13.0. The average Bonchev–Trinajstić information content (AvgIpc) is 3.32. The maximum atomic E-state index is 13.0. The molecule has 0 aliphatic heterocycles. The summed E-state index contributed by atoms with van der Waals surface area (Å²) in [5.41, 5.74) is 0. The lowest BCUT2D eigenvalue weighted by molar-refractivity contribution is -0.870. The lowest BCUT2D eigenvalue weighted by atomic mass is 10.0. The highest BCUT2D eigenvalue weighted by atomic mass is 31.2. The van der Waals surface area contributed by atoms with Crippen LogP contribution >= 0.6 is 7.82 Å². The standard InChI is InChI=1S/C61H123N2O6P/c1-6-8-10-12-14-16-18-20-22-24-26-28-29-30-31-32-33-35-36-38-40-42-44-46-48-50-52-54-60(64)59(58-69-70(66,67)68-57-56-63(3,4)5)62-61(65)55-53-51-49-47-45-43-41-39-37-34-27-25-23-21-19-17-15-13-11-9-7-2/h25,27,59-60,64H,6-24,26,28-58H2,1-5H3,(H-,62,65,66,67)/p+1/b27-25-. The number of aliphatic hydroxyl groups is 1. The van der Waals surface area contributed by atoms with Gasteiger partial charge in [0.1, 0.15) is 13.2 Å². The SMILES string of the molecule is CCCCCCCCCC/C=C\CCCCCCCCCCCC(=O)NC(COP(=O)(O)OCC[N+](C)(C)C)C(O)CCCCCCCCCCCCCCCCCCCCCCCCCCCCC. The summed E-state index contributed by atoms with van der Waals surface area (Å²) in [6.45, 7) is 4.94. The first-order chi connectivity index (χ1) is 34.0. The molecule has 0 saturated carbocycles. The minimum atomic E-state index is -4.32. The molecule has 0 aromatic heterocycles. The number of amides is 1. The number of quaternary nitrogens is 1. The van der Waals surface area contributed by atoms with Crippen LogP contribution in [0.3, 0.4) is 0 Å². The van der Waals surface area contributed by atoms with Gasteiger partial charge in [-0.05, 0) is 38.5 Å². The fraction of sp³-hybridized carbons (Fsp3) is 0.951. The molecule has 0 radical (unpaired) electrons. The van der Waals surface area contributed by atoms with Crippen molar-refractivity contribution in [1.29, 1.82) is 0 Å². The number of hydrogen-bond donors (Lipinski definition) is 3. The molecule has 8 nitrogen and oxygen atoms in total. The molecule has 0 aliphatic carbocycles. The van der Waals surface area contributed by atoms with Crippen molar-refractivity contribution in [2.45, 2.75) is 334 Å². The number of rotatable bonds is 58. The first-order valence-electron chi connectivity index (χ1n) is 31.1. The molecular weight excluding hydrogens is 888 g/mol. The number of aliphatic hydroxyl groups excluding tert-OH is 1. The fourth-order valence-corrected chi connectivity index (χ4v) is 10.4. The summed E-state index contributed by atoms with van der Waals surface area (Å²) in [4.78, 5) is 23.4. The number of unbranched alkanes of at least 4 members (excludes halogenated alkanes) is 43. The molecule has 0 fully saturated rings. The van der Waals surface area contributed by atoms with E-state index in [9.17, 15) is 19.4 Å². The maximum Gasteiger partial charge on any atom is 0.472 e. The third-order valence-electron chi connectivity index (χ3n) is 14.5. The van der Waals surface area contributed by atoms with Crippen molar-refractivity contribution in [1.82, 2.24) is 5.32 Å². The third kappa shape index (κ3) is 55.0. The van der Waals surface area contributed by atoms with Crippen molar-refractivity contribution in [3.8, 4) is 0 Å². The second-order valence-corrected chi connectivity index (χ2v) is 24.2. The minimum Gasteiger partial charge on any atom is -0.391 e. The zero-order chi connectivity index (χ0) is 51.3. The van der Waals surface area contributed by atoms with Gasteiger partial charge in [-0.25, -0.2) is 4.57 Å². The highest BCUT2D eigenvalue weighted by Crippen LogP contribution is 2.43. The van der Waals surface area contributed by atoms with Crippen molar-refractivity contribution in [3.05, 3.63) is 12.2 Å². The molecule has 0 spiro atoms. The summed E-state index contributed by atoms with van der Waals surface area (Å²) in [7, 11) is 1.63. The molecule has 0 saturated heterocycles. The highest BCUT2D eigenvalue weighted by Gasteiger charge is 2.28. The molecule has 0 aromatic rings. The molecule has 418 valence electrons. The highest BCUT2D eigenvalue weighted by molar-refractivity contribution is 7.47. The first-order valence-corrected chi connectivity index (χ1v) is 32.5. The molecule has 3 N–H and O–H groups in total. The van der Waals surface area contributed by atoms with E-state index in [1.54, 1.807) is 0 Å². The Morgan fingerprint density at radius 1 is 0.471 bits per heavy atom. The average molecular weight is 1010 g/mol. The number of likely N-dealkylation sites (N-methyl/N-ethyl adjacent to an activating group) is 1. The Bertz CT molecular complexity index is 1150. The van der Waals surface area contributed by atoms with Gasteiger partial charge in [0.2, 0.25) is 5.91 Å². The number of hydrogen-bond acceptors (Lipinski definition) is 5. The number of carbonyl (C=O) groups is 1. The first kappa shape index (κ1) is 69.2. The van der Waals surface area contributed by atoms with Crippen LogP contribution in [-0.4, -0.2) is 73.4 Å². The fourth-order valence-electron chi connectivity index (χ4n) is 9.63. The van der Waals surface area contributed by atoms with Gasteiger partial charge in [-0.1, -0.05) is 289 Å². The predicted molar refractivity (Wildman–Crippen MR) is 305 cm³/mol. The predicted octanol–water partition coefficient (Wildman–Crippen LogP) is 19.0. The van der Waals surface area contributed by atoms with Gasteiger partial charge >= 0.3 is 7.82 Å². The smallest absolute Gasteiger partial charge is 0.391 e. The summed E-state index contributed by atoms with van der Waals surface area (Å²) in [5.74, 6) is -0.140. The van der Waals surface area contributed by atoms with E-state index >= 15 is 0 Å². The van der Waals surface area contributed by atoms with Crippen LogP contribution in [-0.2, 0) is 18.4 Å². The molecule has 9 heteroatoms. The van der Waals surface area contributed by atoms with E-state index in [1.807, 2.05) is 21.1 Å². The minimum absolute atomic E-state index is 0.0769. The van der Waals surface area contributed by atoms with Crippen LogP contribution in [0.1, 0.15) is 322 Å². The molecule has 0 heterocycles. The van der Waals surface area contributed by atoms with E-state index in [-0.39, 0.29) is 19.1 Å².